The number of carbonyl (C=O) groups is 1. The third kappa shape index (κ3) is 4.04. The molecule has 1 aromatic carbocycles. The molecule has 1 aromatic rings. The summed E-state index contributed by atoms with van der Waals surface area (Å²) >= 11 is 5.85. The average Bonchev–Trinajstić information content (AvgIpc) is 2.18. The van der Waals surface area contributed by atoms with Gasteiger partial charge in [0.15, 0.2) is 0 Å². The van der Waals surface area contributed by atoms with E-state index in [-0.39, 0.29) is 5.91 Å². The maximum absolute atomic E-state index is 10.6. The first-order chi connectivity index (χ1) is 7.09. The molecule has 1 rings (SSSR count). The van der Waals surface area contributed by atoms with Gasteiger partial charge in [-0.05, 0) is 17.7 Å². The molecule has 0 unspecified atom stereocenters. The van der Waals surface area contributed by atoms with E-state index in [9.17, 15) is 4.79 Å². The molecule has 0 saturated carbocycles. The van der Waals surface area contributed by atoms with E-state index >= 15 is 0 Å². The summed E-state index contributed by atoms with van der Waals surface area (Å²) in [7, 11) is 0. The van der Waals surface area contributed by atoms with Gasteiger partial charge in [-0.15, -0.1) is 0 Å². The Labute approximate surface area is 93.9 Å². The predicted octanol–water partition coefficient (Wildman–Crippen LogP) is 2.07. The van der Waals surface area contributed by atoms with E-state index in [4.69, 9.17) is 17.3 Å². The molecule has 0 aliphatic rings. The number of nitrogens with one attached hydrogen (secondary N) is 1. The molecule has 0 spiro atoms. The summed E-state index contributed by atoms with van der Waals surface area (Å²) in [6.07, 6.45) is 3.73. The first-order valence-corrected chi connectivity index (χ1v) is 4.93. The van der Waals surface area contributed by atoms with Gasteiger partial charge < -0.3 is 11.1 Å². The Balaban J connectivity index is 2.57. The molecule has 0 bridgehead atoms. The van der Waals surface area contributed by atoms with E-state index < -0.39 is 0 Å². The number of nitrogens with two attached hydrogens (primary N) is 1. The highest BCUT2D eigenvalue weighted by atomic mass is 35.5. The second-order valence-corrected chi connectivity index (χ2v) is 3.53. The van der Waals surface area contributed by atoms with Crippen LogP contribution in [-0.2, 0) is 4.79 Å². The van der Waals surface area contributed by atoms with E-state index in [1.54, 1.807) is 12.1 Å². The van der Waals surface area contributed by atoms with Crippen molar-refractivity contribution in [2.45, 2.75) is 6.92 Å². The summed E-state index contributed by atoms with van der Waals surface area (Å²) in [6, 6.07) is 5.40. The number of halogens is 1. The second kappa shape index (κ2) is 5.41. The summed E-state index contributed by atoms with van der Waals surface area (Å²) in [5.74, 6) is -0.0463. The molecule has 80 valence electrons. The zero-order chi connectivity index (χ0) is 11.3. The minimum absolute atomic E-state index is 0.0463. The van der Waals surface area contributed by atoms with Crippen LogP contribution in [0.15, 0.2) is 24.3 Å². The van der Waals surface area contributed by atoms with E-state index in [0.29, 0.717) is 17.3 Å². The number of anilines is 1. The minimum atomic E-state index is -0.0463. The molecular formula is C11H13ClN2O. The molecule has 0 aliphatic heterocycles. The zero-order valence-corrected chi connectivity index (χ0v) is 9.21. The zero-order valence-electron chi connectivity index (χ0n) is 8.46. The minimum Gasteiger partial charge on any atom is -0.398 e. The molecule has 1 amide bonds. The van der Waals surface area contributed by atoms with Gasteiger partial charge in [0.1, 0.15) is 0 Å². The van der Waals surface area contributed by atoms with Crippen LogP contribution in [0.2, 0.25) is 5.02 Å². The average molecular weight is 225 g/mol. The standard InChI is InChI=1S/C11H13ClN2O/c1-8(15)14-6-2-3-9-4-5-11(13)10(12)7-9/h2-5,7H,6,13H2,1H3,(H,14,15). The summed E-state index contributed by atoms with van der Waals surface area (Å²) in [5.41, 5.74) is 7.09. The van der Waals surface area contributed by atoms with Gasteiger partial charge in [0.05, 0.1) is 10.7 Å². The lowest BCUT2D eigenvalue weighted by Gasteiger charge is -1.99. The number of hydrogen-bond donors (Lipinski definition) is 2. The van der Waals surface area contributed by atoms with Crippen LogP contribution in [0.5, 0.6) is 0 Å². The van der Waals surface area contributed by atoms with Crippen LogP contribution >= 0.6 is 11.6 Å². The van der Waals surface area contributed by atoms with Crippen LogP contribution in [0.3, 0.4) is 0 Å². The Bertz CT molecular complexity index is 388. The second-order valence-electron chi connectivity index (χ2n) is 3.12. The van der Waals surface area contributed by atoms with Crippen molar-refractivity contribution < 1.29 is 4.79 Å². The van der Waals surface area contributed by atoms with Crippen LogP contribution < -0.4 is 11.1 Å². The van der Waals surface area contributed by atoms with E-state index in [2.05, 4.69) is 5.32 Å². The first kappa shape index (κ1) is 11.6. The number of nitrogen functional groups attached to an aromatic ring is 1. The van der Waals surface area contributed by atoms with Crippen LogP contribution in [0.25, 0.3) is 6.08 Å². The summed E-state index contributed by atoms with van der Waals surface area (Å²) in [5, 5.41) is 3.20. The predicted molar refractivity (Wildman–Crippen MR) is 63.6 cm³/mol. The molecule has 0 atom stereocenters. The lowest BCUT2D eigenvalue weighted by atomic mass is 10.2. The van der Waals surface area contributed by atoms with Gasteiger partial charge in [0.2, 0.25) is 5.91 Å². The van der Waals surface area contributed by atoms with Gasteiger partial charge in [0.25, 0.3) is 0 Å². The number of hydrogen-bond acceptors (Lipinski definition) is 2. The van der Waals surface area contributed by atoms with Crippen molar-refractivity contribution in [3.8, 4) is 0 Å². The van der Waals surface area contributed by atoms with Crippen molar-refractivity contribution in [2.75, 3.05) is 12.3 Å². The van der Waals surface area contributed by atoms with Crippen molar-refractivity contribution in [2.24, 2.45) is 0 Å². The maximum Gasteiger partial charge on any atom is 0.217 e. The molecule has 0 heterocycles. The van der Waals surface area contributed by atoms with Crippen molar-refractivity contribution in [3.05, 3.63) is 34.9 Å². The number of carbonyl (C=O) groups excluding carboxylic acids is 1. The molecule has 3 N–H and O–H groups in total. The number of amides is 1. The Kier molecular flexibility index (Phi) is 4.18. The van der Waals surface area contributed by atoms with E-state index in [0.717, 1.165) is 5.56 Å². The van der Waals surface area contributed by atoms with Gasteiger partial charge in [-0.2, -0.15) is 0 Å². The van der Waals surface area contributed by atoms with Gasteiger partial charge in [0, 0.05) is 13.5 Å². The van der Waals surface area contributed by atoms with Gasteiger partial charge in [-0.25, -0.2) is 0 Å². The highest BCUT2D eigenvalue weighted by Crippen LogP contribution is 2.20. The fraction of sp³-hybridized carbons (Fsp3) is 0.182. The van der Waals surface area contributed by atoms with Gasteiger partial charge in [-0.1, -0.05) is 29.8 Å². The van der Waals surface area contributed by atoms with Crippen molar-refractivity contribution in [3.63, 3.8) is 0 Å². The number of rotatable bonds is 3. The Morgan fingerprint density at radius 3 is 2.93 bits per heavy atom. The smallest absolute Gasteiger partial charge is 0.217 e. The normalized spacial score (nSPS) is 10.5. The third-order valence-electron chi connectivity index (χ3n) is 1.80. The molecule has 0 saturated heterocycles. The molecule has 0 radical (unpaired) electrons. The first-order valence-electron chi connectivity index (χ1n) is 4.55. The lowest BCUT2D eigenvalue weighted by molar-refractivity contribution is -0.118. The largest absolute Gasteiger partial charge is 0.398 e. The highest BCUT2D eigenvalue weighted by molar-refractivity contribution is 6.33. The molecule has 0 aromatic heterocycles. The van der Waals surface area contributed by atoms with E-state index in [1.165, 1.54) is 6.92 Å². The SMILES string of the molecule is CC(=O)NCC=Cc1ccc(N)c(Cl)c1. The van der Waals surface area contributed by atoms with E-state index in [1.807, 2.05) is 18.2 Å². The quantitative estimate of drug-likeness (QED) is 0.773. The Morgan fingerprint density at radius 2 is 2.33 bits per heavy atom. The summed E-state index contributed by atoms with van der Waals surface area (Å²) in [4.78, 5) is 10.6. The molecule has 3 nitrogen and oxygen atoms in total. The summed E-state index contributed by atoms with van der Waals surface area (Å²) < 4.78 is 0. The maximum atomic E-state index is 10.6. The van der Waals surface area contributed by atoms with Crippen LogP contribution in [0.4, 0.5) is 5.69 Å². The molecular weight excluding hydrogens is 212 g/mol. The summed E-state index contributed by atoms with van der Waals surface area (Å²) in [6.45, 7) is 1.99. The number of benzene rings is 1. The van der Waals surface area contributed by atoms with Crippen molar-refractivity contribution in [1.82, 2.24) is 5.32 Å². The topological polar surface area (TPSA) is 55.1 Å². The lowest BCUT2D eigenvalue weighted by Crippen LogP contribution is -2.19. The van der Waals surface area contributed by atoms with Crippen LogP contribution in [0, 0.1) is 0 Å². The molecule has 0 fully saturated rings. The Morgan fingerprint density at radius 1 is 1.60 bits per heavy atom. The van der Waals surface area contributed by atoms with Gasteiger partial charge in [-0.3, -0.25) is 4.79 Å². The van der Waals surface area contributed by atoms with Crippen molar-refractivity contribution >= 4 is 29.3 Å². The van der Waals surface area contributed by atoms with Crippen LogP contribution in [-0.4, -0.2) is 12.5 Å². The molecule has 0 aliphatic carbocycles. The van der Waals surface area contributed by atoms with Crippen LogP contribution in [0.1, 0.15) is 12.5 Å². The Hall–Kier alpha value is -1.48. The fourth-order valence-corrected chi connectivity index (χ4v) is 1.23. The highest BCUT2D eigenvalue weighted by Gasteiger charge is 1.94. The fourth-order valence-electron chi connectivity index (χ4n) is 1.04. The van der Waals surface area contributed by atoms with Gasteiger partial charge >= 0.3 is 0 Å². The molecule has 4 heteroatoms. The monoisotopic (exact) mass is 224 g/mol. The third-order valence-corrected chi connectivity index (χ3v) is 2.13. The molecule has 15 heavy (non-hydrogen) atoms. The van der Waals surface area contributed by atoms with Crippen molar-refractivity contribution in [1.29, 1.82) is 0 Å².